The van der Waals surface area contributed by atoms with Crippen LogP contribution in [0.2, 0.25) is 0 Å². The van der Waals surface area contributed by atoms with Gasteiger partial charge in [-0.15, -0.1) is 0 Å². The maximum absolute atomic E-state index is 11.5. The molecule has 0 saturated heterocycles. The van der Waals surface area contributed by atoms with Crippen LogP contribution in [-0.2, 0) is 19.1 Å². The van der Waals surface area contributed by atoms with E-state index in [0.717, 1.165) is 0 Å². The Balaban J connectivity index is 5.61. The van der Waals surface area contributed by atoms with Crippen molar-refractivity contribution in [2.75, 3.05) is 13.2 Å². The summed E-state index contributed by atoms with van der Waals surface area (Å²) >= 11 is 0. The molecule has 0 spiro atoms. The van der Waals surface area contributed by atoms with Gasteiger partial charge in [-0.25, -0.2) is 14.6 Å². The highest BCUT2D eigenvalue weighted by molar-refractivity contribution is 6.62. The number of ether oxygens (including phenoxy) is 2. The molecule has 0 heterocycles. The van der Waals surface area contributed by atoms with Gasteiger partial charge in [0.25, 0.3) is 0 Å². The predicted molar refractivity (Wildman–Crippen MR) is 63.1 cm³/mol. The standard InChI is InChI=1S/C11H12N4O4/c1-3-18-10(16)9(11(17)19-4-2)15-8(6-13)7(14)5-12/h3-4,14H2,1-2H3/b8-7-. The molecule has 0 aromatic carbocycles. The Bertz CT molecular complexity index is 488. The molecule has 8 nitrogen and oxygen atoms in total. The summed E-state index contributed by atoms with van der Waals surface area (Å²) in [5, 5.41) is 17.3. The van der Waals surface area contributed by atoms with Crippen LogP contribution < -0.4 is 5.73 Å². The van der Waals surface area contributed by atoms with Gasteiger partial charge in [-0.1, -0.05) is 0 Å². The lowest BCUT2D eigenvalue weighted by Crippen LogP contribution is -2.28. The number of carbonyl (C=O) groups is 2. The Hall–Kier alpha value is -2.87. The van der Waals surface area contributed by atoms with Gasteiger partial charge < -0.3 is 15.2 Å². The van der Waals surface area contributed by atoms with Crippen LogP contribution >= 0.6 is 0 Å². The molecule has 0 atom stereocenters. The second-order valence-corrected chi connectivity index (χ2v) is 2.89. The predicted octanol–water partition coefficient (Wildman–Crippen LogP) is -0.229. The lowest BCUT2D eigenvalue weighted by atomic mass is 10.3. The van der Waals surface area contributed by atoms with Crippen molar-refractivity contribution < 1.29 is 19.1 Å². The first-order valence-corrected chi connectivity index (χ1v) is 5.24. The first-order chi connectivity index (χ1) is 9.01. The van der Waals surface area contributed by atoms with E-state index in [2.05, 4.69) is 14.5 Å². The van der Waals surface area contributed by atoms with Gasteiger partial charge in [0.2, 0.25) is 5.71 Å². The molecule has 0 bridgehead atoms. The molecule has 0 fully saturated rings. The van der Waals surface area contributed by atoms with E-state index in [9.17, 15) is 9.59 Å². The van der Waals surface area contributed by atoms with Crippen LogP contribution in [0.1, 0.15) is 13.8 Å². The molecule has 8 heteroatoms. The maximum Gasteiger partial charge on any atom is 0.364 e. The lowest BCUT2D eigenvalue weighted by molar-refractivity contribution is -0.140. The fraction of sp³-hybridized carbons (Fsp3) is 0.364. The molecule has 0 rings (SSSR count). The smallest absolute Gasteiger partial charge is 0.364 e. The largest absolute Gasteiger partial charge is 0.461 e. The molecule has 100 valence electrons. The molecule has 0 amide bonds. The fourth-order valence-corrected chi connectivity index (χ4v) is 0.884. The number of rotatable bonds is 5. The van der Waals surface area contributed by atoms with Gasteiger partial charge in [-0.2, -0.15) is 10.5 Å². The monoisotopic (exact) mass is 264 g/mol. The van der Waals surface area contributed by atoms with Crippen LogP contribution in [0, 0.1) is 22.7 Å². The van der Waals surface area contributed by atoms with Gasteiger partial charge in [-0.3, -0.25) is 0 Å². The second kappa shape index (κ2) is 8.25. The van der Waals surface area contributed by atoms with Crippen LogP contribution in [0.3, 0.4) is 0 Å². The van der Waals surface area contributed by atoms with Crippen molar-refractivity contribution in [3.8, 4) is 12.1 Å². The molecule has 0 radical (unpaired) electrons. The number of allylic oxidation sites excluding steroid dienone is 2. The summed E-state index contributed by atoms with van der Waals surface area (Å²) in [6.45, 7) is 3.09. The van der Waals surface area contributed by atoms with Gasteiger partial charge in [0.05, 0.1) is 13.2 Å². The maximum atomic E-state index is 11.5. The highest BCUT2D eigenvalue weighted by Gasteiger charge is 2.24. The third kappa shape index (κ3) is 4.88. The molecule has 0 aromatic heterocycles. The van der Waals surface area contributed by atoms with Crippen LogP contribution in [0.4, 0.5) is 0 Å². The van der Waals surface area contributed by atoms with E-state index >= 15 is 0 Å². The zero-order valence-corrected chi connectivity index (χ0v) is 10.5. The quantitative estimate of drug-likeness (QED) is 0.313. The van der Waals surface area contributed by atoms with Crippen molar-refractivity contribution in [1.29, 1.82) is 10.5 Å². The summed E-state index contributed by atoms with van der Waals surface area (Å²) in [5.74, 6) is -2.11. The number of nitrogens with two attached hydrogens (primary N) is 1. The second-order valence-electron chi connectivity index (χ2n) is 2.89. The fourth-order valence-electron chi connectivity index (χ4n) is 0.884. The molecular formula is C11H12N4O4. The van der Waals surface area contributed by atoms with E-state index in [4.69, 9.17) is 16.3 Å². The summed E-state index contributed by atoms with van der Waals surface area (Å²) in [5.41, 5.74) is 3.39. The normalized spacial score (nSPS) is 10.3. The minimum atomic E-state index is -1.06. The highest BCUT2D eigenvalue weighted by Crippen LogP contribution is 2.02. The molecule has 0 unspecified atom stereocenters. The molecule has 2 N–H and O–H groups in total. The Morgan fingerprint density at radius 1 is 1.11 bits per heavy atom. The topological polar surface area (TPSA) is 139 Å². The van der Waals surface area contributed by atoms with Crippen LogP contribution in [-0.4, -0.2) is 30.9 Å². The Labute approximate surface area is 109 Å². The van der Waals surface area contributed by atoms with Gasteiger partial charge >= 0.3 is 11.9 Å². The molecule has 0 aliphatic carbocycles. The van der Waals surface area contributed by atoms with Gasteiger partial charge in [-0.05, 0) is 13.8 Å². The molecule has 19 heavy (non-hydrogen) atoms. The molecule has 0 aliphatic rings. The molecule has 0 aromatic rings. The molecular weight excluding hydrogens is 252 g/mol. The first kappa shape index (κ1) is 16.1. The highest BCUT2D eigenvalue weighted by atomic mass is 16.6. The number of hydrogen-bond donors (Lipinski definition) is 1. The SMILES string of the molecule is CCOC(=O)C(=N/C(C#N)=C(\N)C#N)C(=O)OCC. The van der Waals surface area contributed by atoms with Gasteiger partial charge in [0, 0.05) is 0 Å². The summed E-state index contributed by atoms with van der Waals surface area (Å²) in [4.78, 5) is 26.5. The average molecular weight is 264 g/mol. The Morgan fingerprint density at radius 2 is 1.58 bits per heavy atom. The van der Waals surface area contributed by atoms with E-state index in [0.29, 0.717) is 0 Å². The van der Waals surface area contributed by atoms with Crippen LogP contribution in [0.15, 0.2) is 16.4 Å². The third-order valence-electron chi connectivity index (χ3n) is 1.64. The van der Waals surface area contributed by atoms with E-state index in [1.807, 2.05) is 0 Å². The van der Waals surface area contributed by atoms with Gasteiger partial charge in [0.1, 0.15) is 17.8 Å². The zero-order chi connectivity index (χ0) is 14.8. The Kier molecular flexibility index (Phi) is 7.01. The van der Waals surface area contributed by atoms with Crippen molar-refractivity contribution in [2.45, 2.75) is 13.8 Å². The number of hydrogen-bond acceptors (Lipinski definition) is 8. The minimum Gasteiger partial charge on any atom is -0.461 e. The Morgan fingerprint density at radius 3 is 1.89 bits per heavy atom. The van der Waals surface area contributed by atoms with Gasteiger partial charge in [0.15, 0.2) is 5.70 Å². The number of nitriles is 2. The average Bonchev–Trinajstić information content (AvgIpc) is 2.39. The third-order valence-corrected chi connectivity index (χ3v) is 1.64. The summed E-state index contributed by atoms with van der Waals surface area (Å²) in [6.07, 6.45) is 0. The lowest BCUT2D eigenvalue weighted by Gasteiger charge is -2.05. The van der Waals surface area contributed by atoms with E-state index in [1.54, 1.807) is 0 Å². The van der Waals surface area contributed by atoms with Crippen LogP contribution in [0.25, 0.3) is 0 Å². The van der Waals surface area contributed by atoms with Crippen molar-refractivity contribution in [3.05, 3.63) is 11.4 Å². The molecule has 0 saturated carbocycles. The summed E-state index contributed by atoms with van der Waals surface area (Å²) in [7, 11) is 0. The van der Waals surface area contributed by atoms with E-state index < -0.39 is 29.0 Å². The van der Waals surface area contributed by atoms with Crippen molar-refractivity contribution in [1.82, 2.24) is 0 Å². The summed E-state index contributed by atoms with van der Waals surface area (Å²) in [6, 6.07) is 2.99. The van der Waals surface area contributed by atoms with E-state index in [-0.39, 0.29) is 13.2 Å². The number of aliphatic imine (C=N–C) groups is 1. The summed E-state index contributed by atoms with van der Waals surface area (Å²) < 4.78 is 9.21. The minimum absolute atomic E-state index is 0.0105. The number of carbonyl (C=O) groups excluding carboxylic acids is 2. The number of nitrogens with zero attached hydrogens (tertiary/aromatic N) is 3. The number of esters is 2. The van der Waals surface area contributed by atoms with Crippen molar-refractivity contribution in [2.24, 2.45) is 10.7 Å². The van der Waals surface area contributed by atoms with Crippen LogP contribution in [0.5, 0.6) is 0 Å². The molecule has 0 aliphatic heterocycles. The van der Waals surface area contributed by atoms with Crippen molar-refractivity contribution >= 4 is 17.7 Å². The van der Waals surface area contributed by atoms with Crippen molar-refractivity contribution in [3.63, 3.8) is 0 Å². The first-order valence-electron chi connectivity index (χ1n) is 5.24. The van der Waals surface area contributed by atoms with E-state index in [1.165, 1.54) is 26.0 Å². The zero-order valence-electron chi connectivity index (χ0n) is 10.5.